The maximum absolute atomic E-state index is 3.58. The Morgan fingerprint density at radius 2 is 1.33 bits per heavy atom. The van der Waals surface area contributed by atoms with E-state index in [1.807, 2.05) is 0 Å². The Bertz CT molecular complexity index is 1130. The van der Waals surface area contributed by atoms with Crippen molar-refractivity contribution in [3.63, 3.8) is 0 Å². The van der Waals surface area contributed by atoms with E-state index in [4.69, 9.17) is 0 Å². The van der Waals surface area contributed by atoms with Gasteiger partial charge in [-0.1, -0.05) is 71.9 Å². The minimum atomic E-state index is 0.104. The fraction of sp³-hybridized carbons (Fsp3) is 0.308. The van der Waals surface area contributed by atoms with Gasteiger partial charge in [-0.2, -0.15) is 0 Å². The normalized spacial score (nSPS) is 12.8. The highest BCUT2D eigenvalue weighted by molar-refractivity contribution is 5.93. The first kappa shape index (κ1) is 17.9. The molecular formula is C26H29N. The predicted octanol–water partition coefficient (Wildman–Crippen LogP) is 7.58. The molecule has 0 spiro atoms. The topological polar surface area (TPSA) is 15.8 Å². The van der Waals surface area contributed by atoms with E-state index >= 15 is 0 Å². The molecule has 3 aromatic carbocycles. The van der Waals surface area contributed by atoms with Gasteiger partial charge in [0.2, 0.25) is 0 Å². The van der Waals surface area contributed by atoms with Crippen LogP contribution in [-0.2, 0) is 10.8 Å². The third-order valence-electron chi connectivity index (χ3n) is 5.43. The van der Waals surface area contributed by atoms with Crippen LogP contribution in [0.4, 0.5) is 0 Å². The zero-order chi connectivity index (χ0) is 19.4. The number of aromatic amines is 1. The van der Waals surface area contributed by atoms with E-state index in [-0.39, 0.29) is 10.8 Å². The summed E-state index contributed by atoms with van der Waals surface area (Å²) < 4.78 is 0. The van der Waals surface area contributed by atoms with Crippen LogP contribution in [0.5, 0.6) is 0 Å². The van der Waals surface area contributed by atoms with Gasteiger partial charge in [-0.05, 0) is 63.2 Å². The van der Waals surface area contributed by atoms with Gasteiger partial charge in [0.05, 0.1) is 0 Å². The summed E-state index contributed by atoms with van der Waals surface area (Å²) in [7, 11) is 0. The molecule has 0 saturated carbocycles. The van der Waals surface area contributed by atoms with Gasteiger partial charge >= 0.3 is 0 Å². The van der Waals surface area contributed by atoms with E-state index in [9.17, 15) is 0 Å². The van der Waals surface area contributed by atoms with Crippen LogP contribution in [0.25, 0.3) is 32.8 Å². The monoisotopic (exact) mass is 355 g/mol. The smallest absolute Gasteiger partial charge is 0.0456 e. The van der Waals surface area contributed by atoms with E-state index < -0.39 is 0 Å². The number of rotatable bonds is 1. The summed E-state index contributed by atoms with van der Waals surface area (Å²) in [6.07, 6.45) is 0. The Kier molecular flexibility index (Phi) is 3.96. The van der Waals surface area contributed by atoms with Gasteiger partial charge in [0.25, 0.3) is 0 Å². The summed E-state index contributed by atoms with van der Waals surface area (Å²) in [5, 5.41) is 3.94. The highest BCUT2D eigenvalue weighted by Crippen LogP contribution is 2.36. The molecule has 0 radical (unpaired) electrons. The molecule has 1 heterocycles. The summed E-state index contributed by atoms with van der Waals surface area (Å²) in [5.41, 5.74) is 6.69. The Labute approximate surface area is 162 Å². The Balaban J connectivity index is 1.91. The van der Waals surface area contributed by atoms with Crippen LogP contribution in [0.3, 0.4) is 0 Å². The van der Waals surface area contributed by atoms with Crippen molar-refractivity contribution in [1.29, 1.82) is 0 Å². The van der Waals surface area contributed by atoms with Crippen molar-refractivity contribution in [2.24, 2.45) is 0 Å². The molecule has 1 aromatic heterocycles. The Hall–Kier alpha value is -2.54. The van der Waals surface area contributed by atoms with Gasteiger partial charge < -0.3 is 4.98 Å². The second-order valence-electron chi connectivity index (χ2n) is 9.73. The molecule has 1 N–H and O–H groups in total. The first-order valence-corrected chi connectivity index (χ1v) is 9.80. The molecule has 27 heavy (non-hydrogen) atoms. The van der Waals surface area contributed by atoms with E-state index in [0.29, 0.717) is 0 Å². The summed E-state index contributed by atoms with van der Waals surface area (Å²) in [6, 6.07) is 22.5. The third-order valence-corrected chi connectivity index (χ3v) is 5.43. The SMILES string of the molecule is CC(C)(C)c1cc2cc(-c3cc(C(C)(C)C)c4ccccc4c3)ccc2[nH]1. The molecule has 0 atom stereocenters. The molecule has 0 bridgehead atoms. The first-order valence-electron chi connectivity index (χ1n) is 9.80. The largest absolute Gasteiger partial charge is 0.358 e. The molecule has 4 aromatic rings. The molecule has 0 amide bonds. The molecular weight excluding hydrogens is 326 g/mol. The average Bonchev–Trinajstić information content (AvgIpc) is 3.03. The van der Waals surface area contributed by atoms with Crippen LogP contribution in [-0.4, -0.2) is 4.98 Å². The van der Waals surface area contributed by atoms with Gasteiger partial charge in [-0.3, -0.25) is 0 Å². The summed E-state index contributed by atoms with van der Waals surface area (Å²) in [5.74, 6) is 0. The average molecular weight is 356 g/mol. The molecule has 0 saturated heterocycles. The molecule has 0 aliphatic rings. The van der Waals surface area contributed by atoms with Crippen LogP contribution in [0.1, 0.15) is 52.8 Å². The summed E-state index contributed by atoms with van der Waals surface area (Å²) in [6.45, 7) is 13.6. The lowest BCUT2D eigenvalue weighted by Crippen LogP contribution is -2.11. The minimum absolute atomic E-state index is 0.104. The number of fused-ring (bicyclic) bond motifs is 2. The number of hydrogen-bond donors (Lipinski definition) is 1. The quantitative estimate of drug-likeness (QED) is 0.362. The van der Waals surface area contributed by atoms with Crippen LogP contribution >= 0.6 is 0 Å². The minimum Gasteiger partial charge on any atom is -0.358 e. The number of benzene rings is 3. The maximum atomic E-state index is 3.58. The molecule has 0 aliphatic carbocycles. The van der Waals surface area contributed by atoms with E-state index in [0.717, 1.165) is 0 Å². The summed E-state index contributed by atoms with van der Waals surface area (Å²) >= 11 is 0. The lowest BCUT2D eigenvalue weighted by Gasteiger charge is -2.23. The van der Waals surface area contributed by atoms with E-state index in [2.05, 4.69) is 107 Å². The van der Waals surface area contributed by atoms with Crippen molar-refractivity contribution in [2.75, 3.05) is 0 Å². The van der Waals surface area contributed by atoms with Crippen molar-refractivity contribution in [2.45, 2.75) is 52.4 Å². The second kappa shape index (κ2) is 5.99. The van der Waals surface area contributed by atoms with Crippen LogP contribution in [0.15, 0.2) is 60.7 Å². The van der Waals surface area contributed by atoms with Gasteiger partial charge in [0, 0.05) is 22.0 Å². The van der Waals surface area contributed by atoms with Gasteiger partial charge in [-0.15, -0.1) is 0 Å². The zero-order valence-corrected chi connectivity index (χ0v) is 17.3. The van der Waals surface area contributed by atoms with Crippen molar-refractivity contribution in [3.8, 4) is 11.1 Å². The van der Waals surface area contributed by atoms with Crippen LogP contribution in [0, 0.1) is 0 Å². The van der Waals surface area contributed by atoms with Crippen molar-refractivity contribution in [1.82, 2.24) is 4.98 Å². The number of nitrogens with one attached hydrogen (secondary N) is 1. The first-order chi connectivity index (χ1) is 12.6. The van der Waals surface area contributed by atoms with Crippen LogP contribution < -0.4 is 0 Å². The van der Waals surface area contributed by atoms with Gasteiger partial charge in [-0.25, -0.2) is 0 Å². The predicted molar refractivity (Wildman–Crippen MR) is 119 cm³/mol. The molecule has 0 aliphatic heterocycles. The van der Waals surface area contributed by atoms with Crippen LogP contribution in [0.2, 0.25) is 0 Å². The van der Waals surface area contributed by atoms with E-state index in [1.165, 1.54) is 44.1 Å². The molecule has 0 unspecified atom stereocenters. The fourth-order valence-corrected chi connectivity index (χ4v) is 3.81. The number of H-pyrrole nitrogens is 1. The molecule has 1 nitrogen and oxygen atoms in total. The van der Waals surface area contributed by atoms with Crippen molar-refractivity contribution in [3.05, 3.63) is 71.9 Å². The Morgan fingerprint density at radius 1 is 0.630 bits per heavy atom. The van der Waals surface area contributed by atoms with Crippen molar-refractivity contribution >= 4 is 21.7 Å². The number of aromatic nitrogens is 1. The zero-order valence-electron chi connectivity index (χ0n) is 17.3. The molecule has 4 rings (SSSR count). The molecule has 1 heteroatoms. The van der Waals surface area contributed by atoms with Gasteiger partial charge in [0.1, 0.15) is 0 Å². The summed E-state index contributed by atoms with van der Waals surface area (Å²) in [4.78, 5) is 3.58. The highest BCUT2D eigenvalue weighted by Gasteiger charge is 2.19. The van der Waals surface area contributed by atoms with Crippen molar-refractivity contribution < 1.29 is 0 Å². The molecule has 138 valence electrons. The number of hydrogen-bond acceptors (Lipinski definition) is 0. The maximum Gasteiger partial charge on any atom is 0.0456 e. The fourth-order valence-electron chi connectivity index (χ4n) is 3.81. The standard InChI is InChI=1S/C26H29N/c1-25(2,3)22-15-19(14-18-9-7-8-10-21(18)22)17-11-12-23-20(13-17)16-24(27-23)26(4,5)6/h7-16,27H,1-6H3. The van der Waals surface area contributed by atoms with Gasteiger partial charge in [0.15, 0.2) is 0 Å². The lowest BCUT2D eigenvalue weighted by molar-refractivity contribution is 0.574. The third kappa shape index (κ3) is 3.27. The van der Waals surface area contributed by atoms with E-state index in [1.54, 1.807) is 0 Å². The lowest BCUT2D eigenvalue weighted by atomic mass is 9.82. The highest BCUT2D eigenvalue weighted by atomic mass is 14.7. The second-order valence-corrected chi connectivity index (χ2v) is 9.73. The Morgan fingerprint density at radius 3 is 2.04 bits per heavy atom. The molecule has 0 fully saturated rings.